The summed E-state index contributed by atoms with van der Waals surface area (Å²) in [5, 5.41) is 9.52. The van der Waals surface area contributed by atoms with Crippen molar-refractivity contribution in [3.05, 3.63) is 23.8 Å². The van der Waals surface area contributed by atoms with Gasteiger partial charge in [0.2, 0.25) is 0 Å². The van der Waals surface area contributed by atoms with Gasteiger partial charge < -0.3 is 14.6 Å². The van der Waals surface area contributed by atoms with Crippen LogP contribution in [0.4, 0.5) is 0 Å². The lowest BCUT2D eigenvalue weighted by molar-refractivity contribution is 0.0818. The van der Waals surface area contributed by atoms with Gasteiger partial charge in [-0.2, -0.15) is 0 Å². The van der Waals surface area contributed by atoms with Crippen LogP contribution in [0.1, 0.15) is 45.1 Å². The molecule has 19 heavy (non-hydrogen) atoms. The van der Waals surface area contributed by atoms with Crippen molar-refractivity contribution in [3.63, 3.8) is 0 Å². The van der Waals surface area contributed by atoms with Crippen LogP contribution in [0.15, 0.2) is 18.2 Å². The monoisotopic (exact) mass is 266 g/mol. The number of rotatable bonds is 9. The lowest BCUT2D eigenvalue weighted by Gasteiger charge is -2.15. The summed E-state index contributed by atoms with van der Waals surface area (Å²) in [4.78, 5) is 0. The summed E-state index contributed by atoms with van der Waals surface area (Å²) in [6.45, 7) is 5.81. The van der Waals surface area contributed by atoms with E-state index in [-0.39, 0.29) is 5.75 Å². The SMILES string of the molecule is CCCCC(CC)COCc1ccc(O)c(OC)c1. The number of aromatic hydroxyl groups is 1. The smallest absolute Gasteiger partial charge is 0.160 e. The van der Waals surface area contributed by atoms with Crippen LogP contribution in [0.3, 0.4) is 0 Å². The lowest BCUT2D eigenvalue weighted by atomic mass is 10.0. The Kier molecular flexibility index (Phi) is 7.34. The minimum atomic E-state index is 0.167. The quantitative estimate of drug-likeness (QED) is 0.730. The number of ether oxygens (including phenoxy) is 2. The Morgan fingerprint density at radius 3 is 2.68 bits per heavy atom. The summed E-state index contributed by atoms with van der Waals surface area (Å²) >= 11 is 0. The molecule has 3 heteroatoms. The highest BCUT2D eigenvalue weighted by atomic mass is 16.5. The van der Waals surface area contributed by atoms with Crippen molar-refractivity contribution in [2.24, 2.45) is 5.92 Å². The molecule has 1 unspecified atom stereocenters. The van der Waals surface area contributed by atoms with Crippen LogP contribution in [0, 0.1) is 5.92 Å². The Morgan fingerprint density at radius 1 is 1.26 bits per heavy atom. The molecule has 0 fully saturated rings. The highest BCUT2D eigenvalue weighted by Gasteiger charge is 2.07. The van der Waals surface area contributed by atoms with Gasteiger partial charge in [0.1, 0.15) is 0 Å². The Morgan fingerprint density at radius 2 is 2.05 bits per heavy atom. The molecular formula is C16H26O3. The minimum absolute atomic E-state index is 0.167. The molecule has 0 saturated carbocycles. The van der Waals surface area contributed by atoms with Crippen LogP contribution in [0.25, 0.3) is 0 Å². The number of benzene rings is 1. The number of hydrogen-bond acceptors (Lipinski definition) is 3. The second-order valence-electron chi connectivity index (χ2n) is 4.94. The summed E-state index contributed by atoms with van der Waals surface area (Å²) in [6, 6.07) is 5.33. The van der Waals surface area contributed by atoms with Gasteiger partial charge in [-0.05, 0) is 30.0 Å². The fraction of sp³-hybridized carbons (Fsp3) is 0.625. The van der Waals surface area contributed by atoms with Gasteiger partial charge in [-0.15, -0.1) is 0 Å². The molecule has 0 radical (unpaired) electrons. The number of phenolic OH excluding ortho intramolecular Hbond substituents is 1. The van der Waals surface area contributed by atoms with Crippen LogP contribution in [-0.2, 0) is 11.3 Å². The Labute approximate surface area is 116 Å². The van der Waals surface area contributed by atoms with Crippen LogP contribution >= 0.6 is 0 Å². The minimum Gasteiger partial charge on any atom is -0.504 e. The van der Waals surface area contributed by atoms with E-state index in [4.69, 9.17) is 9.47 Å². The molecular weight excluding hydrogens is 240 g/mol. The Bertz CT molecular complexity index is 363. The first-order chi connectivity index (χ1) is 9.21. The summed E-state index contributed by atoms with van der Waals surface area (Å²) in [5.41, 5.74) is 1.03. The highest BCUT2D eigenvalue weighted by Crippen LogP contribution is 2.26. The van der Waals surface area contributed by atoms with E-state index >= 15 is 0 Å². The zero-order valence-electron chi connectivity index (χ0n) is 12.3. The third-order valence-corrected chi connectivity index (χ3v) is 3.41. The summed E-state index contributed by atoms with van der Waals surface area (Å²) in [7, 11) is 1.55. The van der Waals surface area contributed by atoms with E-state index in [0.717, 1.165) is 12.2 Å². The van der Waals surface area contributed by atoms with Crippen LogP contribution in [0.5, 0.6) is 11.5 Å². The topological polar surface area (TPSA) is 38.7 Å². The van der Waals surface area contributed by atoms with Crippen molar-refractivity contribution in [2.75, 3.05) is 13.7 Å². The number of hydrogen-bond donors (Lipinski definition) is 1. The van der Waals surface area contributed by atoms with Crippen molar-refractivity contribution >= 4 is 0 Å². The highest BCUT2D eigenvalue weighted by molar-refractivity contribution is 5.41. The van der Waals surface area contributed by atoms with E-state index in [1.54, 1.807) is 13.2 Å². The molecule has 108 valence electrons. The third kappa shape index (κ3) is 5.52. The van der Waals surface area contributed by atoms with E-state index in [0.29, 0.717) is 18.3 Å². The lowest BCUT2D eigenvalue weighted by Crippen LogP contribution is -2.08. The normalized spacial score (nSPS) is 12.4. The first-order valence-electron chi connectivity index (χ1n) is 7.14. The molecule has 0 spiro atoms. The first kappa shape index (κ1) is 15.8. The molecule has 1 aromatic carbocycles. The molecule has 1 N–H and O–H groups in total. The van der Waals surface area contributed by atoms with Gasteiger partial charge >= 0.3 is 0 Å². The van der Waals surface area contributed by atoms with E-state index in [1.807, 2.05) is 12.1 Å². The molecule has 0 aromatic heterocycles. The van der Waals surface area contributed by atoms with Gasteiger partial charge in [0.15, 0.2) is 11.5 Å². The third-order valence-electron chi connectivity index (χ3n) is 3.41. The largest absolute Gasteiger partial charge is 0.504 e. The molecule has 0 aliphatic carbocycles. The molecule has 1 rings (SSSR count). The molecule has 0 heterocycles. The number of phenols is 1. The molecule has 1 atom stereocenters. The summed E-state index contributed by atoms with van der Waals surface area (Å²) in [5.74, 6) is 1.32. The Balaban J connectivity index is 2.39. The Hall–Kier alpha value is -1.22. The molecule has 0 aliphatic heterocycles. The maximum atomic E-state index is 9.52. The van der Waals surface area contributed by atoms with E-state index in [1.165, 1.54) is 25.7 Å². The zero-order valence-corrected chi connectivity index (χ0v) is 12.3. The maximum Gasteiger partial charge on any atom is 0.160 e. The van der Waals surface area contributed by atoms with Crippen molar-refractivity contribution in [2.45, 2.75) is 46.1 Å². The number of unbranched alkanes of at least 4 members (excludes halogenated alkanes) is 1. The standard InChI is InChI=1S/C16H26O3/c1-4-6-7-13(5-2)11-19-12-14-8-9-15(17)16(10-14)18-3/h8-10,13,17H,4-7,11-12H2,1-3H3. The van der Waals surface area contributed by atoms with Gasteiger partial charge in [0.05, 0.1) is 13.7 Å². The molecule has 0 aliphatic rings. The molecule has 1 aromatic rings. The molecule has 0 bridgehead atoms. The van der Waals surface area contributed by atoms with Gasteiger partial charge in [-0.3, -0.25) is 0 Å². The van der Waals surface area contributed by atoms with Crippen molar-refractivity contribution in [3.8, 4) is 11.5 Å². The zero-order chi connectivity index (χ0) is 14.1. The first-order valence-corrected chi connectivity index (χ1v) is 7.14. The summed E-state index contributed by atoms with van der Waals surface area (Å²) in [6.07, 6.45) is 4.92. The van der Waals surface area contributed by atoms with Gasteiger partial charge in [-0.1, -0.05) is 39.2 Å². The van der Waals surface area contributed by atoms with Crippen LogP contribution in [0.2, 0.25) is 0 Å². The summed E-state index contributed by atoms with van der Waals surface area (Å²) < 4.78 is 10.9. The number of methoxy groups -OCH3 is 1. The van der Waals surface area contributed by atoms with Crippen molar-refractivity contribution < 1.29 is 14.6 Å². The fourth-order valence-corrected chi connectivity index (χ4v) is 2.05. The average molecular weight is 266 g/mol. The molecule has 0 saturated heterocycles. The molecule has 3 nitrogen and oxygen atoms in total. The second kappa shape index (κ2) is 8.81. The van der Waals surface area contributed by atoms with E-state index in [2.05, 4.69) is 13.8 Å². The van der Waals surface area contributed by atoms with Crippen molar-refractivity contribution in [1.29, 1.82) is 0 Å². The van der Waals surface area contributed by atoms with Crippen molar-refractivity contribution in [1.82, 2.24) is 0 Å². The van der Waals surface area contributed by atoms with Crippen LogP contribution in [-0.4, -0.2) is 18.8 Å². The van der Waals surface area contributed by atoms with Gasteiger partial charge in [0, 0.05) is 6.61 Å². The van der Waals surface area contributed by atoms with E-state index < -0.39 is 0 Å². The predicted molar refractivity (Wildman–Crippen MR) is 77.6 cm³/mol. The second-order valence-corrected chi connectivity index (χ2v) is 4.94. The van der Waals surface area contributed by atoms with E-state index in [9.17, 15) is 5.11 Å². The van der Waals surface area contributed by atoms with Gasteiger partial charge in [-0.25, -0.2) is 0 Å². The molecule has 0 amide bonds. The van der Waals surface area contributed by atoms with Crippen LogP contribution < -0.4 is 4.74 Å². The van der Waals surface area contributed by atoms with Gasteiger partial charge in [0.25, 0.3) is 0 Å². The fourth-order valence-electron chi connectivity index (χ4n) is 2.05. The predicted octanol–water partition coefficient (Wildman–Crippen LogP) is 4.13. The average Bonchev–Trinajstić information content (AvgIpc) is 2.44. The maximum absolute atomic E-state index is 9.52.